The molecule has 0 unspecified atom stereocenters. The highest BCUT2D eigenvalue weighted by molar-refractivity contribution is 5.86. The molecule has 0 saturated carbocycles. The van der Waals surface area contributed by atoms with Gasteiger partial charge in [0.25, 0.3) is 0 Å². The fourth-order valence-electron chi connectivity index (χ4n) is 1.14. The van der Waals surface area contributed by atoms with Gasteiger partial charge in [-0.1, -0.05) is 25.8 Å². The smallest absolute Gasteiger partial charge is 0.331 e. The lowest BCUT2D eigenvalue weighted by Crippen LogP contribution is -2.07. The number of carboxylic acid groups (broad SMARTS) is 1. The highest BCUT2D eigenvalue weighted by Gasteiger charge is 2.05. The lowest BCUT2D eigenvalue weighted by Gasteiger charge is -2.01. The summed E-state index contributed by atoms with van der Waals surface area (Å²) in [5, 5.41) is 8.79. The Morgan fingerprint density at radius 3 is 2.71 bits per heavy atom. The minimum atomic E-state index is -0.876. The number of unbranched alkanes of at least 4 members (excludes halogenated alkanes) is 3. The second-order valence-electron chi connectivity index (χ2n) is 3.15. The zero-order chi connectivity index (χ0) is 10.8. The molecule has 0 aliphatic rings. The Labute approximate surface area is 84.7 Å². The largest absolute Gasteiger partial charge is 0.478 e. The third-order valence-electron chi connectivity index (χ3n) is 1.96. The van der Waals surface area contributed by atoms with Crippen LogP contribution in [0.15, 0.2) is 11.6 Å². The van der Waals surface area contributed by atoms with Gasteiger partial charge in [0, 0.05) is 12.0 Å². The lowest BCUT2D eigenvalue weighted by atomic mass is 10.1. The van der Waals surface area contributed by atoms with Gasteiger partial charge in [0.1, 0.15) is 0 Å². The Morgan fingerprint density at radius 1 is 1.50 bits per heavy atom. The molecule has 0 fully saturated rings. The average Bonchev–Trinajstić information content (AvgIpc) is 2.16. The Hall–Kier alpha value is -0.870. The van der Waals surface area contributed by atoms with Crippen molar-refractivity contribution < 1.29 is 14.7 Å². The number of carbonyl (C=O) groups is 1. The summed E-state index contributed by atoms with van der Waals surface area (Å²) in [5.74, 6) is 3.96. The van der Waals surface area contributed by atoms with E-state index in [4.69, 9.17) is 11.0 Å². The number of rotatable bonds is 8. The molecule has 14 heavy (non-hydrogen) atoms. The highest BCUT2D eigenvalue weighted by atomic mass is 16.6. The average molecular weight is 201 g/mol. The summed E-state index contributed by atoms with van der Waals surface area (Å²) in [6, 6.07) is 0. The van der Waals surface area contributed by atoms with Gasteiger partial charge in [-0.3, -0.25) is 0 Å². The van der Waals surface area contributed by atoms with Crippen LogP contribution in [0.1, 0.15) is 39.0 Å². The summed E-state index contributed by atoms with van der Waals surface area (Å²) >= 11 is 0. The van der Waals surface area contributed by atoms with E-state index in [1.54, 1.807) is 6.08 Å². The number of aliphatic carboxylic acids is 1. The molecule has 4 heteroatoms. The first kappa shape index (κ1) is 13.1. The zero-order valence-electron chi connectivity index (χ0n) is 8.66. The predicted molar refractivity (Wildman–Crippen MR) is 54.6 cm³/mol. The Balaban J connectivity index is 3.86. The predicted octanol–water partition coefficient (Wildman–Crippen LogP) is 1.86. The van der Waals surface area contributed by atoms with E-state index in [0.29, 0.717) is 12.0 Å². The summed E-state index contributed by atoms with van der Waals surface area (Å²) in [6.07, 6.45) is 6.27. The third-order valence-corrected chi connectivity index (χ3v) is 1.96. The standard InChI is InChI=1S/C10H19NO3/c1-2-3-4-5-6-9(10(12)13)7-8-14-11/h6H,2-5,7-8,11H2,1H3,(H,12,13). The van der Waals surface area contributed by atoms with Crippen LogP contribution >= 0.6 is 0 Å². The molecule has 82 valence electrons. The number of allylic oxidation sites excluding steroid dienone is 1. The maximum atomic E-state index is 10.7. The Kier molecular flexibility index (Phi) is 8.17. The topological polar surface area (TPSA) is 72.5 Å². The molecule has 0 heterocycles. The van der Waals surface area contributed by atoms with E-state index in [9.17, 15) is 4.79 Å². The molecule has 0 saturated heterocycles. The van der Waals surface area contributed by atoms with Crippen molar-refractivity contribution in [3.63, 3.8) is 0 Å². The molecule has 0 rings (SSSR count). The first-order valence-electron chi connectivity index (χ1n) is 4.96. The lowest BCUT2D eigenvalue weighted by molar-refractivity contribution is -0.133. The number of hydrogen-bond donors (Lipinski definition) is 2. The molecule has 0 aromatic carbocycles. The van der Waals surface area contributed by atoms with Crippen LogP contribution in [0.3, 0.4) is 0 Å². The van der Waals surface area contributed by atoms with Crippen molar-refractivity contribution in [2.24, 2.45) is 5.90 Å². The van der Waals surface area contributed by atoms with Crippen molar-refractivity contribution >= 4 is 5.97 Å². The Morgan fingerprint density at radius 2 is 2.21 bits per heavy atom. The second-order valence-corrected chi connectivity index (χ2v) is 3.15. The van der Waals surface area contributed by atoms with Crippen molar-refractivity contribution in [3.8, 4) is 0 Å². The van der Waals surface area contributed by atoms with E-state index in [-0.39, 0.29) is 6.61 Å². The SMILES string of the molecule is CCCCCC=C(CCON)C(=O)O. The molecule has 0 atom stereocenters. The van der Waals surface area contributed by atoms with E-state index in [0.717, 1.165) is 25.7 Å². The molecule has 0 spiro atoms. The monoisotopic (exact) mass is 201 g/mol. The maximum Gasteiger partial charge on any atom is 0.331 e. The molecule has 4 nitrogen and oxygen atoms in total. The Bertz CT molecular complexity index is 190. The molecule has 0 aromatic heterocycles. The van der Waals surface area contributed by atoms with Gasteiger partial charge in [-0.25, -0.2) is 10.7 Å². The van der Waals surface area contributed by atoms with Crippen LogP contribution in [0.4, 0.5) is 0 Å². The van der Waals surface area contributed by atoms with Crippen molar-refractivity contribution in [2.75, 3.05) is 6.61 Å². The maximum absolute atomic E-state index is 10.7. The van der Waals surface area contributed by atoms with Crippen molar-refractivity contribution in [2.45, 2.75) is 39.0 Å². The van der Waals surface area contributed by atoms with Gasteiger partial charge < -0.3 is 9.94 Å². The van der Waals surface area contributed by atoms with Crippen LogP contribution in [-0.2, 0) is 9.63 Å². The molecule has 3 N–H and O–H groups in total. The van der Waals surface area contributed by atoms with Crippen LogP contribution in [-0.4, -0.2) is 17.7 Å². The molecule has 0 radical (unpaired) electrons. The third kappa shape index (κ3) is 6.62. The summed E-state index contributed by atoms with van der Waals surface area (Å²) in [5.41, 5.74) is 0.395. The van der Waals surface area contributed by atoms with Crippen LogP contribution in [0.5, 0.6) is 0 Å². The van der Waals surface area contributed by atoms with Crippen LogP contribution in [0.25, 0.3) is 0 Å². The van der Waals surface area contributed by atoms with Gasteiger partial charge in [-0.15, -0.1) is 0 Å². The molecule has 0 aliphatic carbocycles. The van der Waals surface area contributed by atoms with E-state index in [1.165, 1.54) is 0 Å². The van der Waals surface area contributed by atoms with Gasteiger partial charge in [0.05, 0.1) is 6.61 Å². The van der Waals surface area contributed by atoms with Crippen LogP contribution in [0.2, 0.25) is 0 Å². The minimum absolute atomic E-state index is 0.256. The number of nitrogens with two attached hydrogens (primary N) is 1. The summed E-state index contributed by atoms with van der Waals surface area (Å²) in [7, 11) is 0. The fraction of sp³-hybridized carbons (Fsp3) is 0.700. The van der Waals surface area contributed by atoms with Crippen LogP contribution < -0.4 is 5.90 Å². The first-order chi connectivity index (χ1) is 6.72. The summed E-state index contributed by atoms with van der Waals surface area (Å²) in [6.45, 7) is 2.37. The van der Waals surface area contributed by atoms with E-state index < -0.39 is 5.97 Å². The number of carboxylic acids is 1. The second kappa shape index (κ2) is 8.72. The van der Waals surface area contributed by atoms with Crippen molar-refractivity contribution in [1.29, 1.82) is 0 Å². The van der Waals surface area contributed by atoms with Crippen LogP contribution in [0, 0.1) is 0 Å². The quantitative estimate of drug-likeness (QED) is 0.357. The molecule has 0 aromatic rings. The van der Waals surface area contributed by atoms with Gasteiger partial charge in [0.2, 0.25) is 0 Å². The van der Waals surface area contributed by atoms with E-state index in [1.807, 2.05) is 0 Å². The minimum Gasteiger partial charge on any atom is -0.478 e. The molecule has 0 bridgehead atoms. The van der Waals surface area contributed by atoms with Crippen molar-refractivity contribution in [3.05, 3.63) is 11.6 Å². The van der Waals surface area contributed by atoms with Gasteiger partial charge in [-0.05, 0) is 12.8 Å². The first-order valence-corrected chi connectivity index (χ1v) is 4.96. The molecule has 0 aliphatic heterocycles. The van der Waals surface area contributed by atoms with E-state index >= 15 is 0 Å². The van der Waals surface area contributed by atoms with Gasteiger partial charge >= 0.3 is 5.97 Å². The van der Waals surface area contributed by atoms with Gasteiger partial charge in [0.15, 0.2) is 0 Å². The molecular weight excluding hydrogens is 182 g/mol. The summed E-state index contributed by atoms with van der Waals surface area (Å²) in [4.78, 5) is 15.1. The van der Waals surface area contributed by atoms with Crippen molar-refractivity contribution in [1.82, 2.24) is 0 Å². The number of hydrogen-bond acceptors (Lipinski definition) is 3. The van der Waals surface area contributed by atoms with Gasteiger partial charge in [-0.2, -0.15) is 0 Å². The highest BCUT2D eigenvalue weighted by Crippen LogP contribution is 2.07. The molecule has 0 amide bonds. The fourth-order valence-corrected chi connectivity index (χ4v) is 1.14. The zero-order valence-corrected chi connectivity index (χ0v) is 8.66. The van der Waals surface area contributed by atoms with E-state index in [2.05, 4.69) is 11.8 Å². The normalized spacial score (nSPS) is 11.7. The summed E-state index contributed by atoms with van der Waals surface area (Å²) < 4.78 is 0. The molecular formula is C10H19NO3.